The van der Waals surface area contributed by atoms with Crippen LogP contribution in [0.1, 0.15) is 12.5 Å². The van der Waals surface area contributed by atoms with E-state index < -0.39 is 5.69 Å². The fraction of sp³-hybridized carbons (Fsp3) is 0.560. The van der Waals surface area contributed by atoms with Crippen molar-refractivity contribution in [1.29, 1.82) is 0 Å². The van der Waals surface area contributed by atoms with Crippen molar-refractivity contribution >= 4 is 11.8 Å². The lowest BCUT2D eigenvalue weighted by atomic mass is 10.0. The molecule has 3 fully saturated rings. The second-order valence-corrected chi connectivity index (χ2v) is 9.86. The van der Waals surface area contributed by atoms with Crippen molar-refractivity contribution in [1.82, 2.24) is 30.0 Å². The Balaban J connectivity index is 1.16. The molecule has 0 spiro atoms. The molecule has 9 heteroatoms. The smallest absolute Gasteiger partial charge is 0.322 e. The molecule has 2 saturated heterocycles. The molecule has 1 saturated carbocycles. The lowest BCUT2D eigenvalue weighted by molar-refractivity contribution is 0.204. The summed E-state index contributed by atoms with van der Waals surface area (Å²) >= 11 is 0. The fourth-order valence-electron chi connectivity index (χ4n) is 5.57. The molecule has 3 heterocycles. The first kappa shape index (κ1) is 23.0. The minimum absolute atomic E-state index is 0.225. The van der Waals surface area contributed by atoms with Crippen LogP contribution in [0.2, 0.25) is 0 Å². The molecule has 4 atom stereocenters. The van der Waals surface area contributed by atoms with Crippen LogP contribution in [0.4, 0.5) is 10.6 Å². The third-order valence-corrected chi connectivity index (χ3v) is 7.65. The highest BCUT2D eigenvalue weighted by Gasteiger charge is 2.55. The molecule has 5 rings (SSSR count). The number of anilines is 1. The molecule has 9 nitrogen and oxygen atoms in total. The summed E-state index contributed by atoms with van der Waals surface area (Å²) in [5.41, 5.74) is 1.63. The van der Waals surface area contributed by atoms with Gasteiger partial charge in [0.25, 0.3) is 0 Å². The predicted molar refractivity (Wildman–Crippen MR) is 132 cm³/mol. The summed E-state index contributed by atoms with van der Waals surface area (Å²) < 4.78 is 1.50. The van der Waals surface area contributed by atoms with Gasteiger partial charge in [0.05, 0.1) is 5.69 Å². The number of aromatic nitrogens is 2. The van der Waals surface area contributed by atoms with Crippen molar-refractivity contribution < 1.29 is 4.79 Å². The summed E-state index contributed by atoms with van der Waals surface area (Å²) in [6, 6.07) is 10.1. The van der Waals surface area contributed by atoms with E-state index in [0.29, 0.717) is 19.1 Å². The molecule has 34 heavy (non-hydrogen) atoms. The molecular formula is C25H35N7O2. The van der Waals surface area contributed by atoms with Crippen LogP contribution in [0.3, 0.4) is 0 Å². The monoisotopic (exact) mass is 465 g/mol. The molecule has 2 unspecified atom stereocenters. The Morgan fingerprint density at radius 2 is 1.85 bits per heavy atom. The Bertz CT molecular complexity index is 1050. The first-order valence-corrected chi connectivity index (χ1v) is 12.4. The summed E-state index contributed by atoms with van der Waals surface area (Å²) in [6.45, 7) is 8.72. The van der Waals surface area contributed by atoms with Crippen molar-refractivity contribution in [2.24, 2.45) is 17.8 Å². The van der Waals surface area contributed by atoms with E-state index in [2.05, 4.69) is 44.9 Å². The number of nitrogens with one attached hydrogen (secondary N) is 3. The van der Waals surface area contributed by atoms with Gasteiger partial charge in [0.2, 0.25) is 0 Å². The molecule has 2 aliphatic heterocycles. The quantitative estimate of drug-likeness (QED) is 0.565. The normalized spacial score (nSPS) is 25.1. The topological polar surface area (TPSA) is 94.5 Å². The minimum Gasteiger partial charge on any atom is -0.322 e. The Labute approximate surface area is 200 Å². The molecule has 1 aliphatic carbocycles. The molecule has 182 valence electrons. The zero-order valence-electron chi connectivity index (χ0n) is 20.0. The van der Waals surface area contributed by atoms with E-state index in [1.54, 1.807) is 17.2 Å². The van der Waals surface area contributed by atoms with Gasteiger partial charge in [0, 0.05) is 51.5 Å². The molecule has 0 bridgehead atoms. The minimum atomic E-state index is -0.411. The number of hydrogen-bond donors (Lipinski definition) is 3. The first-order chi connectivity index (χ1) is 16.5. The van der Waals surface area contributed by atoms with Crippen molar-refractivity contribution in [2.45, 2.75) is 19.4 Å². The predicted octanol–water partition coefficient (Wildman–Crippen LogP) is 0.998. The SMILES string of the molecule is CNCC1[C@H]2CN(C(C)Cc3ccc(-n4ccc(NC(=O)N5CCNCC5)nc4=O)cc3)C[C@@H]12. The number of piperidine rings is 1. The maximum absolute atomic E-state index is 12.6. The zero-order valence-corrected chi connectivity index (χ0v) is 20.0. The Hall–Kier alpha value is -2.75. The van der Waals surface area contributed by atoms with Crippen molar-refractivity contribution in [3.63, 3.8) is 0 Å². The molecule has 1 aromatic carbocycles. The van der Waals surface area contributed by atoms with Crippen molar-refractivity contribution in [3.05, 3.63) is 52.6 Å². The van der Waals surface area contributed by atoms with E-state index in [4.69, 9.17) is 0 Å². The van der Waals surface area contributed by atoms with Gasteiger partial charge < -0.3 is 15.5 Å². The number of carbonyl (C=O) groups is 1. The van der Waals surface area contributed by atoms with Gasteiger partial charge in [-0.15, -0.1) is 0 Å². The van der Waals surface area contributed by atoms with Crippen LogP contribution in [-0.4, -0.2) is 84.3 Å². The largest absolute Gasteiger partial charge is 0.354 e. The number of piperazine rings is 1. The molecule has 2 amide bonds. The summed E-state index contributed by atoms with van der Waals surface area (Å²) in [5, 5.41) is 9.26. The van der Waals surface area contributed by atoms with Gasteiger partial charge in [-0.1, -0.05) is 12.1 Å². The number of carbonyl (C=O) groups excluding carboxylic acids is 1. The summed E-state index contributed by atoms with van der Waals surface area (Å²) in [6.07, 6.45) is 2.67. The zero-order chi connectivity index (χ0) is 23.7. The second kappa shape index (κ2) is 9.85. The molecule has 1 aromatic heterocycles. The van der Waals surface area contributed by atoms with Crippen LogP contribution in [0.25, 0.3) is 5.69 Å². The number of urea groups is 1. The van der Waals surface area contributed by atoms with Crippen LogP contribution in [0.5, 0.6) is 0 Å². The van der Waals surface area contributed by atoms with Gasteiger partial charge >= 0.3 is 11.7 Å². The Morgan fingerprint density at radius 3 is 2.50 bits per heavy atom. The Kier molecular flexibility index (Phi) is 6.67. The number of hydrogen-bond acceptors (Lipinski definition) is 6. The highest BCUT2D eigenvalue weighted by Crippen LogP contribution is 2.51. The molecule has 2 aromatic rings. The highest BCUT2D eigenvalue weighted by molar-refractivity contribution is 5.88. The average Bonchev–Trinajstić information content (AvgIpc) is 3.28. The number of benzene rings is 1. The lowest BCUT2D eigenvalue weighted by Crippen LogP contribution is -2.48. The maximum Gasteiger partial charge on any atom is 0.354 e. The summed E-state index contributed by atoms with van der Waals surface area (Å²) in [4.78, 5) is 33.4. The van der Waals surface area contributed by atoms with Gasteiger partial charge in [0.15, 0.2) is 0 Å². The van der Waals surface area contributed by atoms with Crippen LogP contribution >= 0.6 is 0 Å². The average molecular weight is 466 g/mol. The molecule has 0 radical (unpaired) electrons. The van der Waals surface area contributed by atoms with E-state index in [-0.39, 0.29) is 11.8 Å². The number of rotatable bonds is 7. The number of fused-ring (bicyclic) bond motifs is 1. The van der Waals surface area contributed by atoms with Crippen LogP contribution in [-0.2, 0) is 6.42 Å². The maximum atomic E-state index is 12.6. The fourth-order valence-corrected chi connectivity index (χ4v) is 5.57. The van der Waals surface area contributed by atoms with Crippen LogP contribution in [0.15, 0.2) is 41.3 Å². The second-order valence-electron chi connectivity index (χ2n) is 9.86. The molecule has 3 aliphatic rings. The van der Waals surface area contributed by atoms with Crippen molar-refractivity contribution in [3.8, 4) is 5.69 Å². The van der Waals surface area contributed by atoms with Gasteiger partial charge in [-0.25, -0.2) is 9.59 Å². The van der Waals surface area contributed by atoms with Gasteiger partial charge in [-0.3, -0.25) is 14.8 Å². The number of amides is 2. The summed E-state index contributed by atoms with van der Waals surface area (Å²) in [7, 11) is 2.04. The van der Waals surface area contributed by atoms with E-state index >= 15 is 0 Å². The number of likely N-dealkylation sites (tertiary alicyclic amines) is 1. The standard InChI is InChI=1S/C25H35N7O2/c1-17(31-15-21-20(14-26-2)22(21)16-31)13-18-3-5-19(6-4-18)32-10-7-23(29-25(32)34)28-24(33)30-11-8-27-9-12-30/h3-7,10,17,20-22,26-27H,8-9,11-16H2,1-2H3,(H,28,29,33,34)/t17?,20?,21-,22+. The van der Waals surface area contributed by atoms with Gasteiger partial charge in [-0.2, -0.15) is 4.98 Å². The first-order valence-electron chi connectivity index (χ1n) is 12.4. The number of nitrogens with zero attached hydrogens (tertiary/aromatic N) is 4. The van der Waals surface area contributed by atoms with E-state index in [0.717, 1.165) is 49.5 Å². The van der Waals surface area contributed by atoms with E-state index in [1.807, 2.05) is 19.2 Å². The molecular weight excluding hydrogens is 430 g/mol. The van der Waals surface area contributed by atoms with Crippen LogP contribution in [0, 0.1) is 17.8 Å². The van der Waals surface area contributed by atoms with Gasteiger partial charge in [-0.05, 0) is 68.5 Å². The Morgan fingerprint density at radius 1 is 1.15 bits per heavy atom. The molecule has 3 N–H and O–H groups in total. The third-order valence-electron chi connectivity index (χ3n) is 7.65. The van der Waals surface area contributed by atoms with Gasteiger partial charge in [0.1, 0.15) is 5.82 Å². The van der Waals surface area contributed by atoms with Crippen molar-refractivity contribution in [2.75, 3.05) is 58.2 Å². The van der Waals surface area contributed by atoms with E-state index in [1.165, 1.54) is 23.2 Å². The van der Waals surface area contributed by atoms with E-state index in [9.17, 15) is 9.59 Å². The summed E-state index contributed by atoms with van der Waals surface area (Å²) in [5.74, 6) is 2.90. The van der Waals surface area contributed by atoms with Crippen LogP contribution < -0.4 is 21.6 Å². The lowest BCUT2D eigenvalue weighted by Gasteiger charge is -2.27. The highest BCUT2D eigenvalue weighted by atomic mass is 16.2. The third kappa shape index (κ3) is 4.87.